The third kappa shape index (κ3) is 3.44. The standard InChI is InChI=1S/C18H17ClN2O4/c1-2-16(22)20(11-14-4-3-9-25-14)15-10-17(23)21(18(15)24)13-7-5-12(19)6-8-13/h3-9,15H,2,10-11H2,1H3. The molecule has 7 heteroatoms. The Morgan fingerprint density at radius 1 is 1.28 bits per heavy atom. The van der Waals surface area contributed by atoms with E-state index in [1.54, 1.807) is 43.3 Å². The van der Waals surface area contributed by atoms with Gasteiger partial charge in [-0.3, -0.25) is 14.4 Å². The molecule has 0 radical (unpaired) electrons. The van der Waals surface area contributed by atoms with Crippen LogP contribution in [0.3, 0.4) is 0 Å². The molecule has 0 bridgehead atoms. The highest BCUT2D eigenvalue weighted by Crippen LogP contribution is 2.28. The van der Waals surface area contributed by atoms with E-state index in [-0.39, 0.29) is 31.2 Å². The minimum atomic E-state index is -0.833. The SMILES string of the molecule is CCC(=O)N(Cc1ccco1)C1CC(=O)N(c2ccc(Cl)cc2)C1=O. The molecular formula is C18H17ClN2O4. The zero-order valence-electron chi connectivity index (χ0n) is 13.6. The highest BCUT2D eigenvalue weighted by molar-refractivity contribution is 6.30. The van der Waals surface area contributed by atoms with Crippen molar-refractivity contribution in [3.8, 4) is 0 Å². The first-order valence-corrected chi connectivity index (χ1v) is 8.33. The summed E-state index contributed by atoms with van der Waals surface area (Å²) in [6, 6.07) is 9.06. The Hall–Kier alpha value is -2.60. The zero-order chi connectivity index (χ0) is 18.0. The molecule has 130 valence electrons. The Bertz CT molecular complexity index is 786. The number of amides is 3. The molecule has 1 aliphatic heterocycles. The lowest BCUT2D eigenvalue weighted by Crippen LogP contribution is -2.44. The van der Waals surface area contributed by atoms with E-state index in [0.29, 0.717) is 16.5 Å². The van der Waals surface area contributed by atoms with Crippen molar-refractivity contribution in [3.05, 3.63) is 53.4 Å². The lowest BCUT2D eigenvalue weighted by molar-refractivity contribution is -0.139. The fourth-order valence-corrected chi connectivity index (χ4v) is 2.99. The fourth-order valence-electron chi connectivity index (χ4n) is 2.87. The molecule has 2 heterocycles. The van der Waals surface area contributed by atoms with E-state index in [9.17, 15) is 14.4 Å². The van der Waals surface area contributed by atoms with E-state index in [1.165, 1.54) is 11.2 Å². The second-order valence-corrected chi connectivity index (χ2v) is 6.15. The molecule has 0 aliphatic carbocycles. The van der Waals surface area contributed by atoms with Crippen LogP contribution < -0.4 is 4.90 Å². The predicted octanol–water partition coefficient (Wildman–Crippen LogP) is 3.00. The van der Waals surface area contributed by atoms with Crippen LogP contribution in [0.25, 0.3) is 0 Å². The Balaban J connectivity index is 1.87. The quantitative estimate of drug-likeness (QED) is 0.768. The molecule has 3 rings (SSSR count). The summed E-state index contributed by atoms with van der Waals surface area (Å²) in [6.45, 7) is 1.87. The number of carbonyl (C=O) groups excluding carboxylic acids is 3. The van der Waals surface area contributed by atoms with Crippen LogP contribution in [-0.2, 0) is 20.9 Å². The Kier molecular flexibility index (Phi) is 4.90. The number of halogens is 1. The van der Waals surface area contributed by atoms with Crippen LogP contribution in [0, 0.1) is 0 Å². The number of hydrogen-bond acceptors (Lipinski definition) is 4. The topological polar surface area (TPSA) is 70.8 Å². The summed E-state index contributed by atoms with van der Waals surface area (Å²) in [5, 5.41) is 0.514. The number of hydrogen-bond donors (Lipinski definition) is 0. The average Bonchev–Trinajstić information content (AvgIpc) is 3.21. The van der Waals surface area contributed by atoms with E-state index < -0.39 is 11.9 Å². The zero-order valence-corrected chi connectivity index (χ0v) is 14.4. The van der Waals surface area contributed by atoms with Gasteiger partial charge in [-0.15, -0.1) is 0 Å². The maximum Gasteiger partial charge on any atom is 0.257 e. The summed E-state index contributed by atoms with van der Waals surface area (Å²) in [6.07, 6.45) is 1.69. The molecule has 1 saturated heterocycles. The molecule has 0 N–H and O–H groups in total. The number of rotatable bonds is 5. The van der Waals surface area contributed by atoms with Crippen LogP contribution >= 0.6 is 11.6 Å². The summed E-state index contributed by atoms with van der Waals surface area (Å²) in [5.41, 5.74) is 0.448. The third-order valence-corrected chi connectivity index (χ3v) is 4.36. The first-order chi connectivity index (χ1) is 12.0. The van der Waals surface area contributed by atoms with Gasteiger partial charge in [0.25, 0.3) is 5.91 Å². The maximum atomic E-state index is 12.8. The minimum absolute atomic E-state index is 0.0477. The van der Waals surface area contributed by atoms with Gasteiger partial charge >= 0.3 is 0 Å². The molecular weight excluding hydrogens is 344 g/mol. The predicted molar refractivity (Wildman–Crippen MR) is 91.9 cm³/mol. The van der Waals surface area contributed by atoms with E-state index in [4.69, 9.17) is 16.0 Å². The summed E-state index contributed by atoms with van der Waals surface area (Å²) >= 11 is 5.86. The Morgan fingerprint density at radius 2 is 2.00 bits per heavy atom. The van der Waals surface area contributed by atoms with Gasteiger partial charge in [0, 0.05) is 11.4 Å². The van der Waals surface area contributed by atoms with Gasteiger partial charge in [-0.05, 0) is 36.4 Å². The van der Waals surface area contributed by atoms with Gasteiger partial charge < -0.3 is 9.32 Å². The molecule has 1 aromatic carbocycles. The second kappa shape index (κ2) is 7.11. The smallest absolute Gasteiger partial charge is 0.257 e. The molecule has 1 aromatic heterocycles. The third-order valence-electron chi connectivity index (χ3n) is 4.11. The van der Waals surface area contributed by atoms with E-state index in [2.05, 4.69) is 0 Å². The van der Waals surface area contributed by atoms with Crippen molar-refractivity contribution < 1.29 is 18.8 Å². The number of benzene rings is 1. The maximum absolute atomic E-state index is 12.8. The second-order valence-electron chi connectivity index (χ2n) is 5.72. The molecule has 3 amide bonds. The molecule has 1 fully saturated rings. The van der Waals surface area contributed by atoms with Crippen molar-refractivity contribution in [2.45, 2.75) is 32.4 Å². The molecule has 1 atom stereocenters. The van der Waals surface area contributed by atoms with Gasteiger partial charge in [0.2, 0.25) is 11.8 Å². The van der Waals surface area contributed by atoms with Crippen molar-refractivity contribution in [3.63, 3.8) is 0 Å². The molecule has 1 aliphatic rings. The van der Waals surface area contributed by atoms with Crippen molar-refractivity contribution in [2.24, 2.45) is 0 Å². The van der Waals surface area contributed by atoms with Gasteiger partial charge in [-0.2, -0.15) is 0 Å². The van der Waals surface area contributed by atoms with Crippen molar-refractivity contribution in [1.29, 1.82) is 0 Å². The molecule has 6 nitrogen and oxygen atoms in total. The molecule has 0 saturated carbocycles. The summed E-state index contributed by atoms with van der Waals surface area (Å²) in [7, 11) is 0. The summed E-state index contributed by atoms with van der Waals surface area (Å²) in [5.74, 6) is -0.404. The van der Waals surface area contributed by atoms with E-state index in [0.717, 1.165) is 4.90 Å². The average molecular weight is 361 g/mol. The summed E-state index contributed by atoms with van der Waals surface area (Å²) in [4.78, 5) is 40.1. The first kappa shape index (κ1) is 17.2. The number of imide groups is 1. The minimum Gasteiger partial charge on any atom is -0.467 e. The van der Waals surface area contributed by atoms with E-state index in [1.807, 2.05) is 0 Å². The van der Waals surface area contributed by atoms with Crippen LogP contribution in [0.4, 0.5) is 5.69 Å². The Morgan fingerprint density at radius 3 is 2.60 bits per heavy atom. The van der Waals surface area contributed by atoms with Crippen molar-refractivity contribution in [1.82, 2.24) is 4.90 Å². The largest absolute Gasteiger partial charge is 0.467 e. The lowest BCUT2D eigenvalue weighted by atomic mass is 10.2. The van der Waals surface area contributed by atoms with Crippen LogP contribution in [0.15, 0.2) is 47.1 Å². The van der Waals surface area contributed by atoms with Crippen LogP contribution in [-0.4, -0.2) is 28.7 Å². The van der Waals surface area contributed by atoms with Gasteiger partial charge in [-0.1, -0.05) is 18.5 Å². The van der Waals surface area contributed by atoms with E-state index >= 15 is 0 Å². The normalized spacial score (nSPS) is 17.2. The van der Waals surface area contributed by atoms with Crippen molar-refractivity contribution in [2.75, 3.05) is 4.90 Å². The van der Waals surface area contributed by atoms with Gasteiger partial charge in [0.1, 0.15) is 11.8 Å². The summed E-state index contributed by atoms with van der Waals surface area (Å²) < 4.78 is 5.29. The van der Waals surface area contributed by atoms with Gasteiger partial charge in [0.05, 0.1) is 24.9 Å². The first-order valence-electron chi connectivity index (χ1n) is 7.95. The number of carbonyl (C=O) groups is 3. The van der Waals surface area contributed by atoms with Crippen LogP contribution in [0.5, 0.6) is 0 Å². The Labute approximate surface area is 150 Å². The fraction of sp³-hybridized carbons (Fsp3) is 0.278. The molecule has 0 spiro atoms. The molecule has 25 heavy (non-hydrogen) atoms. The monoisotopic (exact) mass is 360 g/mol. The van der Waals surface area contributed by atoms with Crippen LogP contribution in [0.2, 0.25) is 5.02 Å². The number of furan rings is 1. The number of nitrogens with zero attached hydrogens (tertiary/aromatic N) is 2. The number of anilines is 1. The molecule has 1 unspecified atom stereocenters. The molecule has 2 aromatic rings. The highest BCUT2D eigenvalue weighted by Gasteiger charge is 2.44. The van der Waals surface area contributed by atoms with Gasteiger partial charge in [0.15, 0.2) is 0 Å². The highest BCUT2D eigenvalue weighted by atomic mass is 35.5. The van der Waals surface area contributed by atoms with Gasteiger partial charge in [-0.25, -0.2) is 4.90 Å². The lowest BCUT2D eigenvalue weighted by Gasteiger charge is -2.26. The van der Waals surface area contributed by atoms with Crippen LogP contribution in [0.1, 0.15) is 25.5 Å². The van der Waals surface area contributed by atoms with Crippen molar-refractivity contribution >= 4 is 35.0 Å².